The predicted molar refractivity (Wildman–Crippen MR) is 101 cm³/mol. The first kappa shape index (κ1) is 17.3. The summed E-state index contributed by atoms with van der Waals surface area (Å²) in [5.74, 6) is 0.231. The maximum absolute atomic E-state index is 12.9. The highest BCUT2D eigenvalue weighted by Gasteiger charge is 2.28. The van der Waals surface area contributed by atoms with E-state index >= 15 is 0 Å². The minimum absolute atomic E-state index is 0.0407. The maximum atomic E-state index is 12.9. The zero-order valence-electron chi connectivity index (χ0n) is 15.3. The normalized spacial score (nSPS) is 17.1. The lowest BCUT2D eigenvalue weighted by atomic mass is 9.90. The molecule has 4 heterocycles. The first-order valence-electron chi connectivity index (χ1n) is 9.28. The van der Waals surface area contributed by atoms with Crippen LogP contribution in [0.5, 0.6) is 0 Å². The summed E-state index contributed by atoms with van der Waals surface area (Å²) in [7, 11) is 0. The Labute approximate surface area is 158 Å². The molecule has 0 spiro atoms. The summed E-state index contributed by atoms with van der Waals surface area (Å²) in [6, 6.07) is 3.93. The molecule has 1 aliphatic heterocycles. The molecule has 138 valence electrons. The van der Waals surface area contributed by atoms with Gasteiger partial charge in [-0.05, 0) is 37.5 Å². The van der Waals surface area contributed by atoms with Crippen LogP contribution in [0.1, 0.15) is 41.7 Å². The number of likely N-dealkylation sites (tertiary alicyclic amines) is 1. The lowest BCUT2D eigenvalue weighted by Gasteiger charge is -2.33. The van der Waals surface area contributed by atoms with E-state index in [-0.39, 0.29) is 11.8 Å². The number of hydrogen-bond donors (Lipinski definition) is 0. The Morgan fingerprint density at radius 3 is 2.85 bits per heavy atom. The smallest absolute Gasteiger partial charge is 0.257 e. The van der Waals surface area contributed by atoms with Crippen LogP contribution in [0.15, 0.2) is 49.4 Å². The van der Waals surface area contributed by atoms with Gasteiger partial charge in [-0.3, -0.25) is 14.5 Å². The Morgan fingerprint density at radius 2 is 2.07 bits per heavy atom. The average molecular weight is 362 g/mol. The Hall–Kier alpha value is -3.09. The molecule has 1 atom stereocenters. The van der Waals surface area contributed by atoms with Crippen LogP contribution in [0.3, 0.4) is 0 Å². The van der Waals surface area contributed by atoms with Crippen molar-refractivity contribution in [2.75, 3.05) is 13.1 Å². The third kappa shape index (κ3) is 3.58. The van der Waals surface area contributed by atoms with Crippen LogP contribution in [0.25, 0.3) is 11.1 Å². The van der Waals surface area contributed by atoms with Crippen LogP contribution < -0.4 is 0 Å². The van der Waals surface area contributed by atoms with Crippen LogP contribution in [0.4, 0.5) is 0 Å². The first-order chi connectivity index (χ1) is 13.3. The van der Waals surface area contributed by atoms with E-state index < -0.39 is 0 Å². The second kappa shape index (κ2) is 7.65. The molecule has 7 heteroatoms. The minimum Gasteiger partial charge on any atom is -0.338 e. The monoisotopic (exact) mass is 362 g/mol. The van der Waals surface area contributed by atoms with Crippen molar-refractivity contribution >= 4 is 5.91 Å². The average Bonchev–Trinajstić information content (AvgIpc) is 3.23. The van der Waals surface area contributed by atoms with Gasteiger partial charge in [0, 0.05) is 55.9 Å². The van der Waals surface area contributed by atoms with Crippen LogP contribution >= 0.6 is 0 Å². The predicted octanol–water partition coefficient (Wildman–Crippen LogP) is 2.77. The molecule has 0 bridgehead atoms. The summed E-state index contributed by atoms with van der Waals surface area (Å²) in [4.78, 5) is 27.7. The number of amides is 1. The van der Waals surface area contributed by atoms with E-state index in [9.17, 15) is 4.79 Å². The summed E-state index contributed by atoms with van der Waals surface area (Å²) >= 11 is 0. The molecule has 0 saturated carbocycles. The Bertz CT molecular complexity index is 923. The number of hydrogen-bond acceptors (Lipinski definition) is 5. The van der Waals surface area contributed by atoms with Gasteiger partial charge in [-0.1, -0.05) is 0 Å². The summed E-state index contributed by atoms with van der Waals surface area (Å²) < 4.78 is 1.78. The number of rotatable bonds is 4. The number of aryl methyl sites for hydroxylation is 1. The standard InChI is InChI=1S/C20H22N6O/c1-2-26-13-17(10-24-26)20(27)25-9-3-4-16(12-25)19-18(11-22-14-23-19)15-5-7-21-8-6-15/h5-8,10-11,13-14,16H,2-4,9,12H2,1H3/t16-/m0/s1. The number of nitrogens with zero attached hydrogens (tertiary/aromatic N) is 6. The molecule has 4 rings (SSSR count). The Morgan fingerprint density at radius 1 is 1.22 bits per heavy atom. The van der Waals surface area contributed by atoms with Crippen molar-refractivity contribution in [1.82, 2.24) is 29.6 Å². The van der Waals surface area contributed by atoms with Crippen molar-refractivity contribution in [2.24, 2.45) is 0 Å². The summed E-state index contributed by atoms with van der Waals surface area (Å²) in [5, 5.41) is 4.22. The second-order valence-corrected chi connectivity index (χ2v) is 6.73. The van der Waals surface area contributed by atoms with Gasteiger partial charge >= 0.3 is 0 Å². The highest BCUT2D eigenvalue weighted by atomic mass is 16.2. The number of carbonyl (C=O) groups is 1. The van der Waals surface area contributed by atoms with E-state index in [1.54, 1.807) is 29.6 Å². The molecule has 0 aliphatic carbocycles. The molecule has 27 heavy (non-hydrogen) atoms. The fourth-order valence-corrected chi connectivity index (χ4v) is 3.63. The summed E-state index contributed by atoms with van der Waals surface area (Å²) in [6.45, 7) is 4.19. The first-order valence-corrected chi connectivity index (χ1v) is 9.28. The van der Waals surface area contributed by atoms with Crippen molar-refractivity contribution < 1.29 is 4.79 Å². The Balaban J connectivity index is 1.58. The van der Waals surface area contributed by atoms with Crippen LogP contribution in [-0.4, -0.2) is 48.6 Å². The van der Waals surface area contributed by atoms with Gasteiger partial charge in [0.05, 0.1) is 17.5 Å². The fraction of sp³-hybridized carbons (Fsp3) is 0.350. The zero-order valence-corrected chi connectivity index (χ0v) is 15.3. The molecule has 0 unspecified atom stereocenters. The third-order valence-electron chi connectivity index (χ3n) is 5.03. The van der Waals surface area contributed by atoms with E-state index in [2.05, 4.69) is 20.1 Å². The highest BCUT2D eigenvalue weighted by molar-refractivity contribution is 5.93. The van der Waals surface area contributed by atoms with Crippen LogP contribution in [0, 0.1) is 0 Å². The third-order valence-corrected chi connectivity index (χ3v) is 5.03. The van der Waals surface area contributed by atoms with Gasteiger partial charge in [-0.15, -0.1) is 0 Å². The van der Waals surface area contributed by atoms with Crippen molar-refractivity contribution in [3.05, 3.63) is 60.7 Å². The number of carbonyl (C=O) groups excluding carboxylic acids is 1. The van der Waals surface area contributed by atoms with Gasteiger partial charge in [-0.25, -0.2) is 9.97 Å². The van der Waals surface area contributed by atoms with Crippen LogP contribution in [-0.2, 0) is 6.54 Å². The molecule has 1 aliphatic rings. The van der Waals surface area contributed by atoms with Gasteiger partial charge in [0.2, 0.25) is 0 Å². The summed E-state index contributed by atoms with van der Waals surface area (Å²) in [5.41, 5.74) is 3.71. The number of pyridine rings is 1. The lowest BCUT2D eigenvalue weighted by molar-refractivity contribution is 0.0706. The SMILES string of the molecule is CCn1cc(C(=O)N2CCC[C@H](c3ncncc3-c3ccncc3)C2)cn1. The van der Waals surface area contributed by atoms with Crippen LogP contribution in [0.2, 0.25) is 0 Å². The highest BCUT2D eigenvalue weighted by Crippen LogP contribution is 2.32. The number of piperidine rings is 1. The molecular weight excluding hydrogens is 340 g/mol. The quantitative estimate of drug-likeness (QED) is 0.713. The molecule has 1 amide bonds. The van der Waals surface area contributed by atoms with Crippen molar-refractivity contribution in [2.45, 2.75) is 32.2 Å². The second-order valence-electron chi connectivity index (χ2n) is 6.73. The van der Waals surface area contributed by atoms with Crippen molar-refractivity contribution in [1.29, 1.82) is 0 Å². The molecule has 1 fully saturated rings. The maximum Gasteiger partial charge on any atom is 0.257 e. The topological polar surface area (TPSA) is 76.8 Å². The van der Waals surface area contributed by atoms with E-state index in [1.165, 1.54) is 0 Å². The van der Waals surface area contributed by atoms with Gasteiger partial charge in [-0.2, -0.15) is 5.10 Å². The molecule has 3 aromatic heterocycles. The number of aromatic nitrogens is 5. The van der Waals surface area contributed by atoms with Crippen molar-refractivity contribution in [3.8, 4) is 11.1 Å². The van der Waals surface area contributed by atoms with E-state index in [0.717, 1.165) is 42.8 Å². The zero-order chi connectivity index (χ0) is 18.6. The van der Waals surface area contributed by atoms with Gasteiger partial charge in [0.15, 0.2) is 0 Å². The van der Waals surface area contributed by atoms with E-state index in [1.807, 2.05) is 36.4 Å². The molecule has 1 saturated heterocycles. The van der Waals surface area contributed by atoms with Gasteiger partial charge in [0.25, 0.3) is 5.91 Å². The molecular formula is C20H22N6O. The summed E-state index contributed by atoms with van der Waals surface area (Å²) in [6.07, 6.45) is 12.4. The molecule has 0 aromatic carbocycles. The fourth-order valence-electron chi connectivity index (χ4n) is 3.63. The van der Waals surface area contributed by atoms with Gasteiger partial charge < -0.3 is 4.90 Å². The molecule has 3 aromatic rings. The minimum atomic E-state index is 0.0407. The van der Waals surface area contributed by atoms with E-state index in [4.69, 9.17) is 0 Å². The molecule has 0 radical (unpaired) electrons. The van der Waals surface area contributed by atoms with E-state index in [0.29, 0.717) is 12.1 Å². The van der Waals surface area contributed by atoms with Gasteiger partial charge in [0.1, 0.15) is 6.33 Å². The Kier molecular flexibility index (Phi) is 4.91. The molecule has 0 N–H and O–H groups in total. The van der Waals surface area contributed by atoms with Crippen molar-refractivity contribution in [3.63, 3.8) is 0 Å². The lowest BCUT2D eigenvalue weighted by Crippen LogP contribution is -2.39. The molecule has 7 nitrogen and oxygen atoms in total. The largest absolute Gasteiger partial charge is 0.338 e.